The van der Waals surface area contributed by atoms with Gasteiger partial charge in [0.05, 0.1) is 40.0 Å². The maximum Gasteiger partial charge on any atom is 0.329 e. The highest BCUT2D eigenvalue weighted by Gasteiger charge is 2.52. The van der Waals surface area contributed by atoms with E-state index < -0.39 is 52.8 Å². The van der Waals surface area contributed by atoms with Crippen molar-refractivity contribution in [2.24, 2.45) is 27.6 Å². The lowest BCUT2D eigenvalue weighted by atomic mass is 9.68. The second kappa shape index (κ2) is 18.0. The van der Waals surface area contributed by atoms with Crippen molar-refractivity contribution in [3.05, 3.63) is 35.4 Å². The number of aryl methyl sites for hydroxylation is 2. The number of unbranched alkanes of at least 4 members (excludes halogenated alkanes) is 1. The van der Waals surface area contributed by atoms with Crippen molar-refractivity contribution in [1.29, 1.82) is 5.26 Å². The molecule has 0 radical (unpaired) electrons. The third kappa shape index (κ3) is 10.9. The Labute approximate surface area is 293 Å². The van der Waals surface area contributed by atoms with Gasteiger partial charge in [-0.3, -0.25) is 18.9 Å². The number of carbonyl (C=O) groups excluding carboxylic acids is 3. The van der Waals surface area contributed by atoms with E-state index in [-0.39, 0.29) is 38.4 Å². The number of esters is 3. The van der Waals surface area contributed by atoms with Gasteiger partial charge in [0.15, 0.2) is 0 Å². The lowest BCUT2D eigenvalue weighted by Crippen LogP contribution is -2.44. The van der Waals surface area contributed by atoms with Crippen molar-refractivity contribution in [3.8, 4) is 6.07 Å². The zero-order chi connectivity index (χ0) is 37.1. The third-order valence-corrected chi connectivity index (χ3v) is 12.9. The van der Waals surface area contributed by atoms with Crippen LogP contribution in [-0.2, 0) is 46.0 Å². The average molecular weight is 706 g/mol. The molecule has 0 fully saturated rings. The number of ether oxygens (including phenoxy) is 3. The molecule has 10 nitrogen and oxygen atoms in total. The van der Waals surface area contributed by atoms with E-state index in [1.54, 1.807) is 13.8 Å². The van der Waals surface area contributed by atoms with Crippen LogP contribution in [0.4, 0.5) is 0 Å². The van der Waals surface area contributed by atoms with Gasteiger partial charge in [-0.2, -0.15) is 5.26 Å². The minimum absolute atomic E-state index is 0.0452. The molecule has 1 aromatic rings. The highest BCUT2D eigenvalue weighted by molar-refractivity contribution is 7.52. The number of benzene rings is 1. The first-order valence-electron chi connectivity index (χ1n) is 17.9. The van der Waals surface area contributed by atoms with Crippen molar-refractivity contribution in [3.63, 3.8) is 0 Å². The summed E-state index contributed by atoms with van der Waals surface area (Å²) in [5, 5.41) is 10.2. The zero-order valence-electron chi connectivity index (χ0n) is 31.0. The molecule has 2 aliphatic rings. The summed E-state index contributed by atoms with van der Waals surface area (Å²) in [6, 6.07) is 10.4. The Morgan fingerprint density at radius 3 is 2.06 bits per heavy atom. The molecule has 6 atom stereocenters. The summed E-state index contributed by atoms with van der Waals surface area (Å²) < 4.78 is 30.0. The van der Waals surface area contributed by atoms with Crippen LogP contribution in [0, 0.1) is 38.9 Å². The van der Waals surface area contributed by atoms with E-state index in [0.717, 1.165) is 24.0 Å². The van der Waals surface area contributed by atoms with Crippen LogP contribution < -0.4 is 0 Å². The number of nitriles is 1. The number of hydrogen-bond acceptors (Lipinski definition) is 8. The maximum atomic E-state index is 13.6. The molecule has 11 heteroatoms. The Morgan fingerprint density at radius 1 is 1.00 bits per heavy atom. The summed E-state index contributed by atoms with van der Waals surface area (Å²) >= 11 is 0. The van der Waals surface area contributed by atoms with E-state index in [0.29, 0.717) is 45.1 Å². The summed E-state index contributed by atoms with van der Waals surface area (Å²) in [6.45, 7) is 14.1. The first-order valence-corrected chi connectivity index (χ1v) is 19.6. The second-order valence-electron chi connectivity index (χ2n) is 15.0. The molecule has 3 rings (SSSR count). The third-order valence-electron chi connectivity index (χ3n) is 11.3. The van der Waals surface area contributed by atoms with E-state index in [1.165, 1.54) is 6.92 Å². The number of rotatable bonds is 9. The van der Waals surface area contributed by atoms with Gasteiger partial charge in [-0.25, -0.2) is 0 Å². The van der Waals surface area contributed by atoms with Crippen molar-refractivity contribution in [2.75, 3.05) is 19.8 Å². The smallest absolute Gasteiger partial charge is 0.329 e. The normalized spacial score (nSPS) is 29.4. The van der Waals surface area contributed by atoms with Crippen molar-refractivity contribution < 1.29 is 42.9 Å². The van der Waals surface area contributed by atoms with Crippen LogP contribution in [0.3, 0.4) is 0 Å². The molecule has 2 aliphatic heterocycles. The molecule has 276 valence electrons. The minimum Gasteiger partial charge on any atom is -0.465 e. The Hall–Kier alpha value is -2.73. The van der Waals surface area contributed by atoms with Gasteiger partial charge in [-0.1, -0.05) is 58.4 Å². The average Bonchev–Trinajstić information content (AvgIpc) is 3.07. The zero-order valence-corrected chi connectivity index (χ0v) is 31.9. The summed E-state index contributed by atoms with van der Waals surface area (Å²) in [5.74, 6) is -2.10. The van der Waals surface area contributed by atoms with Crippen molar-refractivity contribution >= 4 is 25.5 Å². The van der Waals surface area contributed by atoms with Gasteiger partial charge in [0.2, 0.25) is 0 Å². The summed E-state index contributed by atoms with van der Waals surface area (Å²) in [7, 11) is -4.86. The van der Waals surface area contributed by atoms with Crippen LogP contribution in [0.25, 0.3) is 0 Å². The lowest BCUT2D eigenvalue weighted by molar-refractivity contribution is -0.168. The molecule has 6 unspecified atom stereocenters. The molecule has 0 saturated carbocycles. The van der Waals surface area contributed by atoms with Gasteiger partial charge >= 0.3 is 25.5 Å². The van der Waals surface area contributed by atoms with E-state index in [2.05, 4.69) is 6.07 Å². The van der Waals surface area contributed by atoms with Crippen LogP contribution in [0.15, 0.2) is 24.3 Å². The van der Waals surface area contributed by atoms with Gasteiger partial charge in [0.25, 0.3) is 0 Å². The van der Waals surface area contributed by atoms with E-state index >= 15 is 0 Å². The maximum absolute atomic E-state index is 13.6. The standard InChI is InChI=1S/C38H60NO9P/c1-9-13-22-46-33(41)37(7)21-20-29-16-14-28(15-17-29)18-19-30(36(6,11-3)27-39)25-31(49(43,44)45)38(8,12-4)34(42)48-24-23-47-32(40)35(5,10-2)26-37/h14-17,30-31H,9-13,18-26H2,1-8H3,(H2,43,44,45). The largest absolute Gasteiger partial charge is 0.465 e. The Morgan fingerprint density at radius 2 is 1.57 bits per heavy atom. The van der Waals surface area contributed by atoms with Crippen LogP contribution in [0.5, 0.6) is 0 Å². The Bertz CT molecular complexity index is 1350. The lowest BCUT2D eigenvalue weighted by Gasteiger charge is -2.40. The molecule has 0 aliphatic carbocycles. The fourth-order valence-corrected chi connectivity index (χ4v) is 8.46. The van der Waals surface area contributed by atoms with Gasteiger partial charge in [0, 0.05) is 0 Å². The molecule has 0 saturated heterocycles. The Balaban J connectivity index is 2.59. The summed E-state index contributed by atoms with van der Waals surface area (Å²) in [5.41, 5.74) is -3.83. The molecule has 2 heterocycles. The number of fused-ring (bicyclic) bond motifs is 18. The molecule has 49 heavy (non-hydrogen) atoms. The summed E-state index contributed by atoms with van der Waals surface area (Å²) in [4.78, 5) is 62.0. The highest BCUT2D eigenvalue weighted by Crippen LogP contribution is 2.56. The number of hydrogen-bond donors (Lipinski definition) is 2. The van der Waals surface area contributed by atoms with Crippen LogP contribution in [-0.4, -0.2) is 53.2 Å². The van der Waals surface area contributed by atoms with Crippen LogP contribution in [0.2, 0.25) is 0 Å². The highest BCUT2D eigenvalue weighted by atomic mass is 31.2. The fourth-order valence-electron chi connectivity index (χ4n) is 6.90. The van der Waals surface area contributed by atoms with Gasteiger partial charge in [-0.05, 0) is 109 Å². The quantitative estimate of drug-likeness (QED) is 0.113. The topological polar surface area (TPSA) is 160 Å². The Kier molecular flexibility index (Phi) is 15.6. The van der Waals surface area contributed by atoms with Gasteiger partial charge < -0.3 is 24.0 Å². The van der Waals surface area contributed by atoms with E-state index in [1.807, 2.05) is 58.9 Å². The number of nitrogens with zero attached hydrogens (tertiary/aromatic N) is 1. The van der Waals surface area contributed by atoms with Gasteiger partial charge in [-0.15, -0.1) is 0 Å². The minimum atomic E-state index is -4.86. The van der Waals surface area contributed by atoms with Crippen molar-refractivity contribution in [1.82, 2.24) is 0 Å². The molecule has 0 aromatic heterocycles. The number of carbonyl (C=O) groups is 3. The molecular weight excluding hydrogens is 645 g/mol. The first-order chi connectivity index (χ1) is 22.9. The molecule has 0 spiro atoms. The van der Waals surface area contributed by atoms with Gasteiger partial charge in [0.1, 0.15) is 13.2 Å². The SMILES string of the molecule is CCCCOC(=O)C1(C)CCc2ccc(cc2)CCC(C(C)(C#N)CC)CC(P(=O)(O)O)C(C)(CC)C(=O)OCCOC(=O)C(C)(CC)C1. The molecular formula is C38H60NO9P. The molecule has 1 aromatic carbocycles. The second-order valence-corrected chi connectivity index (χ2v) is 16.8. The van der Waals surface area contributed by atoms with Crippen LogP contribution >= 0.6 is 7.60 Å². The predicted octanol–water partition coefficient (Wildman–Crippen LogP) is 7.72. The molecule has 2 N–H and O–H groups in total. The van der Waals surface area contributed by atoms with Crippen LogP contribution in [0.1, 0.15) is 124 Å². The fraction of sp³-hybridized carbons (Fsp3) is 0.737. The first kappa shape index (κ1) is 42.4. The van der Waals surface area contributed by atoms with E-state index in [9.17, 15) is 34.0 Å². The van der Waals surface area contributed by atoms with Crippen molar-refractivity contribution in [2.45, 2.75) is 132 Å². The molecule has 0 amide bonds. The van der Waals surface area contributed by atoms with E-state index in [4.69, 9.17) is 14.2 Å². The summed E-state index contributed by atoms with van der Waals surface area (Å²) in [6.07, 6.45) is 4.82. The molecule has 2 bridgehead atoms. The predicted molar refractivity (Wildman–Crippen MR) is 188 cm³/mol. The monoisotopic (exact) mass is 705 g/mol.